The minimum absolute atomic E-state index is 0. The second-order valence-corrected chi connectivity index (χ2v) is 0.793. The maximum atomic E-state index is 4.58. The first-order valence-corrected chi connectivity index (χ1v) is 1.47. The molecule has 0 saturated heterocycles. The summed E-state index contributed by atoms with van der Waals surface area (Å²) in [4.78, 5) is 0. The molecule has 0 aliphatic carbocycles. The van der Waals surface area contributed by atoms with Gasteiger partial charge in [0.2, 0.25) is 0 Å². The van der Waals surface area contributed by atoms with Gasteiger partial charge in [0.25, 0.3) is 0 Å². The van der Waals surface area contributed by atoms with Crippen molar-refractivity contribution in [2.75, 3.05) is 0 Å². The van der Waals surface area contributed by atoms with Gasteiger partial charge in [-0.15, -0.1) is 0 Å². The zero-order valence-corrected chi connectivity index (χ0v) is 7.87. The zero-order valence-electron chi connectivity index (χ0n) is 3.42. The van der Waals surface area contributed by atoms with Gasteiger partial charge in [0.15, 0.2) is 0 Å². The van der Waals surface area contributed by atoms with E-state index in [0.29, 0.717) is 0 Å². The molecule has 2 radical (unpaired) electrons. The van der Waals surface area contributed by atoms with E-state index in [1.807, 2.05) is 12.1 Å². The summed E-state index contributed by atoms with van der Waals surface area (Å²) in [7, 11) is 0. The summed E-state index contributed by atoms with van der Waals surface area (Å²) in [6.07, 6.45) is 3.25. The normalized spacial score (nSPS) is 6.67. The van der Waals surface area contributed by atoms with Gasteiger partial charge in [0, 0.05) is 48.9 Å². The van der Waals surface area contributed by atoms with E-state index >= 15 is 0 Å². The van der Waals surface area contributed by atoms with Crippen molar-refractivity contribution in [1.29, 1.82) is 0 Å². The van der Waals surface area contributed by atoms with E-state index in [2.05, 4.69) is 4.42 Å². The molecule has 28 valence electrons. The Morgan fingerprint density at radius 3 is 1.67 bits per heavy atom. The Hall–Kier alpha value is 0.851. The number of hydrogen-bond acceptors (Lipinski definition) is 1. The molecule has 0 aromatic carbocycles. The van der Waals surface area contributed by atoms with Gasteiger partial charge >= 0.3 is 0 Å². The Morgan fingerprint density at radius 2 is 1.50 bits per heavy atom. The molecule has 1 heterocycles. The third-order valence-electron chi connectivity index (χ3n) is 0.425. The Labute approximate surface area is 76.8 Å². The summed E-state index contributed by atoms with van der Waals surface area (Å²) >= 11 is 0. The van der Waals surface area contributed by atoms with Crippen LogP contribution in [0, 0.1) is 0 Å². The van der Waals surface area contributed by atoms with Gasteiger partial charge in [0.1, 0.15) is 0 Å². The molecule has 2 heteroatoms. The number of rotatable bonds is 0. The Balaban J connectivity index is 0.000000250. The third kappa shape index (κ3) is 2.10. The fraction of sp³-hybridized carbons (Fsp3) is 0. The van der Waals surface area contributed by atoms with Crippen LogP contribution in [0.15, 0.2) is 29.1 Å². The standard InChI is InChI=1S/C4H4O.Ba/c1-2-4-5-3-1;/h1-4H;. The van der Waals surface area contributed by atoms with E-state index in [1.165, 1.54) is 0 Å². The Bertz CT molecular complexity index is 64.0. The molecule has 0 atom stereocenters. The maximum absolute atomic E-state index is 4.58. The van der Waals surface area contributed by atoms with Crippen LogP contribution < -0.4 is 0 Å². The van der Waals surface area contributed by atoms with Crippen LogP contribution in [0.25, 0.3) is 0 Å². The molecule has 1 aromatic rings. The quantitative estimate of drug-likeness (QED) is 0.574. The molecular formula is C4H4BaO. The average Bonchev–Trinajstić information content (AvgIpc) is 1.76. The van der Waals surface area contributed by atoms with Crippen molar-refractivity contribution >= 4 is 48.9 Å². The molecule has 1 rings (SSSR count). The van der Waals surface area contributed by atoms with Gasteiger partial charge in [-0.1, -0.05) is 0 Å². The monoisotopic (exact) mass is 206 g/mol. The summed E-state index contributed by atoms with van der Waals surface area (Å²) < 4.78 is 4.58. The number of furan rings is 1. The van der Waals surface area contributed by atoms with Crippen LogP contribution in [-0.4, -0.2) is 48.9 Å². The van der Waals surface area contributed by atoms with E-state index in [9.17, 15) is 0 Å². The van der Waals surface area contributed by atoms with E-state index < -0.39 is 0 Å². The van der Waals surface area contributed by atoms with Crippen molar-refractivity contribution in [2.45, 2.75) is 0 Å². The van der Waals surface area contributed by atoms with Gasteiger partial charge < -0.3 is 4.42 Å². The fourth-order valence-electron chi connectivity index (χ4n) is 0.227. The number of hydrogen-bond donors (Lipinski definition) is 0. The van der Waals surface area contributed by atoms with Crippen molar-refractivity contribution < 1.29 is 4.42 Å². The molecular weight excluding hydrogens is 201 g/mol. The van der Waals surface area contributed by atoms with Crippen LogP contribution >= 0.6 is 0 Å². The fourth-order valence-corrected chi connectivity index (χ4v) is 0.227. The van der Waals surface area contributed by atoms with Crippen LogP contribution in [0.1, 0.15) is 0 Å². The minimum Gasteiger partial charge on any atom is -0.473 e. The van der Waals surface area contributed by atoms with Crippen LogP contribution in [0.3, 0.4) is 0 Å². The average molecular weight is 205 g/mol. The molecule has 0 bridgehead atoms. The predicted octanol–water partition coefficient (Wildman–Crippen LogP) is 0.899. The smallest absolute Gasteiger partial charge is 0.0902 e. The van der Waals surface area contributed by atoms with Gasteiger partial charge in [-0.05, 0) is 12.1 Å². The molecule has 0 spiro atoms. The van der Waals surface area contributed by atoms with Gasteiger partial charge in [-0.25, -0.2) is 0 Å². The molecule has 6 heavy (non-hydrogen) atoms. The van der Waals surface area contributed by atoms with Crippen LogP contribution in [-0.2, 0) is 0 Å². The molecule has 0 amide bonds. The van der Waals surface area contributed by atoms with Gasteiger partial charge in [-0.2, -0.15) is 0 Å². The summed E-state index contributed by atoms with van der Waals surface area (Å²) in [5.74, 6) is 0. The van der Waals surface area contributed by atoms with Crippen molar-refractivity contribution in [1.82, 2.24) is 0 Å². The van der Waals surface area contributed by atoms with E-state index in [-0.39, 0.29) is 48.9 Å². The van der Waals surface area contributed by atoms with Crippen molar-refractivity contribution in [2.24, 2.45) is 0 Å². The third-order valence-corrected chi connectivity index (χ3v) is 0.425. The second-order valence-electron chi connectivity index (χ2n) is 0.793. The molecule has 0 fully saturated rings. The van der Waals surface area contributed by atoms with Crippen LogP contribution in [0.4, 0.5) is 0 Å². The van der Waals surface area contributed by atoms with E-state index in [1.54, 1.807) is 12.5 Å². The Morgan fingerprint density at radius 1 is 1.00 bits per heavy atom. The first-order chi connectivity index (χ1) is 2.50. The van der Waals surface area contributed by atoms with Crippen molar-refractivity contribution in [3.8, 4) is 0 Å². The topological polar surface area (TPSA) is 13.1 Å². The molecule has 0 N–H and O–H groups in total. The molecule has 0 saturated carbocycles. The van der Waals surface area contributed by atoms with E-state index in [4.69, 9.17) is 0 Å². The first-order valence-electron chi connectivity index (χ1n) is 1.47. The van der Waals surface area contributed by atoms with Crippen LogP contribution in [0.5, 0.6) is 0 Å². The first kappa shape index (κ1) is 6.85. The SMILES string of the molecule is [Ba].c1ccoc1. The van der Waals surface area contributed by atoms with Crippen molar-refractivity contribution in [3.05, 3.63) is 24.7 Å². The molecule has 0 aliphatic heterocycles. The Kier molecular flexibility index (Phi) is 4.59. The second kappa shape index (κ2) is 4.02. The van der Waals surface area contributed by atoms with E-state index in [0.717, 1.165) is 0 Å². The summed E-state index contributed by atoms with van der Waals surface area (Å²) in [5.41, 5.74) is 0. The minimum atomic E-state index is 0. The largest absolute Gasteiger partial charge is 0.473 e. The summed E-state index contributed by atoms with van der Waals surface area (Å²) in [6.45, 7) is 0. The zero-order chi connectivity index (χ0) is 3.54. The van der Waals surface area contributed by atoms with Crippen LogP contribution in [0.2, 0.25) is 0 Å². The maximum Gasteiger partial charge on any atom is 0.0902 e. The molecule has 0 aliphatic rings. The summed E-state index contributed by atoms with van der Waals surface area (Å²) in [5, 5.41) is 0. The molecule has 1 aromatic heterocycles. The van der Waals surface area contributed by atoms with Gasteiger partial charge in [0.05, 0.1) is 12.5 Å². The van der Waals surface area contributed by atoms with Gasteiger partial charge in [-0.3, -0.25) is 0 Å². The van der Waals surface area contributed by atoms with Crippen molar-refractivity contribution in [3.63, 3.8) is 0 Å². The molecule has 1 nitrogen and oxygen atoms in total. The molecule has 0 unspecified atom stereocenters. The summed E-state index contributed by atoms with van der Waals surface area (Å²) in [6, 6.07) is 3.67. The predicted molar refractivity (Wildman–Crippen MR) is 24.5 cm³/mol.